The summed E-state index contributed by atoms with van der Waals surface area (Å²) in [5.41, 5.74) is 8.39. The number of nitrogens with zero attached hydrogens (tertiary/aromatic N) is 24. The molecule has 0 saturated carbocycles. The van der Waals surface area contributed by atoms with Crippen molar-refractivity contribution in [1.82, 2.24) is 107 Å². The zero-order valence-electron chi connectivity index (χ0n) is 53.1. The Balaban J connectivity index is 0.000000447. The first kappa shape index (κ1) is 71.1. The van der Waals surface area contributed by atoms with Crippen LogP contribution in [0.25, 0.3) is 0 Å². The molecule has 2 aliphatic heterocycles. The molecule has 10 aromatic rings. The number of hydrogen-bond acceptors (Lipinski definition) is 15. The van der Waals surface area contributed by atoms with Crippen LogP contribution in [0.5, 0.6) is 0 Å². The molecular weight excluding hydrogens is 1040 g/mol. The van der Waals surface area contributed by atoms with Gasteiger partial charge in [0, 0.05) is 157 Å². The maximum absolute atomic E-state index is 4.90. The summed E-state index contributed by atoms with van der Waals surface area (Å²) >= 11 is 0. The smallest absolute Gasteiger partial charge is 0.180 e. The molecule has 0 spiro atoms. The van der Waals surface area contributed by atoms with E-state index in [0.717, 1.165) is 60.3 Å². The number of aliphatic imine (C=N–C) groups is 2. The summed E-state index contributed by atoms with van der Waals surface area (Å²) in [5, 5.41) is 27.0. The van der Waals surface area contributed by atoms with Crippen molar-refractivity contribution < 1.29 is 4.74 Å². The minimum Gasteiger partial charge on any atom is -0.479 e. The molecule has 82 heavy (non-hydrogen) atoms. The van der Waals surface area contributed by atoms with Crippen LogP contribution in [0, 0.1) is 69.2 Å². The van der Waals surface area contributed by atoms with Crippen molar-refractivity contribution in [2.75, 3.05) is 19.7 Å². The number of hydrogen-bond donors (Lipinski definition) is 0. The first-order valence-corrected chi connectivity index (χ1v) is 26.6. The highest BCUT2D eigenvalue weighted by atomic mass is 16.5. The Morgan fingerprint density at radius 3 is 1.35 bits per heavy atom. The Morgan fingerprint density at radius 2 is 1.21 bits per heavy atom. The minimum absolute atomic E-state index is 0.784. The van der Waals surface area contributed by atoms with E-state index in [1.165, 1.54) is 47.4 Å². The highest BCUT2D eigenvalue weighted by Crippen LogP contribution is 2.01. The molecule has 0 radical (unpaired) electrons. The first-order valence-electron chi connectivity index (χ1n) is 26.6. The van der Waals surface area contributed by atoms with Crippen LogP contribution in [0.1, 0.15) is 83.9 Å². The van der Waals surface area contributed by atoms with E-state index >= 15 is 0 Å². The molecule has 0 aliphatic carbocycles. The van der Waals surface area contributed by atoms with Crippen LogP contribution in [0.15, 0.2) is 122 Å². The van der Waals surface area contributed by atoms with Crippen molar-refractivity contribution in [1.29, 1.82) is 0 Å². The number of aryl methyl sites for hydroxylation is 20. The van der Waals surface area contributed by atoms with Crippen molar-refractivity contribution >= 4 is 11.6 Å². The Bertz CT molecular complexity index is 2600. The molecule has 2 aliphatic rings. The van der Waals surface area contributed by atoms with Crippen molar-refractivity contribution in [2.24, 2.45) is 80.5 Å². The monoisotopic (exact) mass is 1130 g/mol. The van der Waals surface area contributed by atoms with Gasteiger partial charge in [0.1, 0.15) is 48.9 Å². The summed E-state index contributed by atoms with van der Waals surface area (Å²) in [6.07, 6.45) is 30.1. The van der Waals surface area contributed by atoms with E-state index in [9.17, 15) is 0 Å². The average Bonchev–Trinajstić information content (AvgIpc) is 4.23. The van der Waals surface area contributed by atoms with E-state index in [1.54, 1.807) is 56.4 Å². The van der Waals surface area contributed by atoms with Gasteiger partial charge >= 0.3 is 0 Å². The molecule has 0 saturated heterocycles. The van der Waals surface area contributed by atoms with E-state index in [0.29, 0.717) is 0 Å². The zero-order chi connectivity index (χ0) is 61.6. The second-order valence-electron chi connectivity index (χ2n) is 19.0. The lowest BCUT2D eigenvalue weighted by atomic mass is 10.3. The summed E-state index contributed by atoms with van der Waals surface area (Å²) in [5.74, 6) is 4.59. The molecule has 25 heteroatoms. The van der Waals surface area contributed by atoms with E-state index < -0.39 is 0 Å². The van der Waals surface area contributed by atoms with Gasteiger partial charge in [0.2, 0.25) is 0 Å². The Kier molecular flexibility index (Phi) is 35.0. The highest BCUT2D eigenvalue weighted by Gasteiger charge is 1.97. The van der Waals surface area contributed by atoms with E-state index in [-0.39, 0.29) is 0 Å². The van der Waals surface area contributed by atoms with Crippen molar-refractivity contribution in [2.45, 2.75) is 95.9 Å². The summed E-state index contributed by atoms with van der Waals surface area (Å²) < 4.78 is 23.5. The quantitative estimate of drug-likeness (QED) is 0.141. The van der Waals surface area contributed by atoms with Gasteiger partial charge in [-0.05, 0) is 118 Å². The largest absolute Gasteiger partial charge is 0.479 e. The predicted molar refractivity (Wildman–Crippen MR) is 326 cm³/mol. The molecular formula is C57H94N24O. The fourth-order valence-corrected chi connectivity index (χ4v) is 5.83. The topological polar surface area (TPSA) is 238 Å². The van der Waals surface area contributed by atoms with Crippen LogP contribution in [-0.2, 0) is 75.2 Å². The molecule has 12 rings (SSSR count). The molecule has 0 bridgehead atoms. The Hall–Kier alpha value is -8.90. The van der Waals surface area contributed by atoms with Gasteiger partial charge in [-0.3, -0.25) is 33.4 Å². The van der Waals surface area contributed by atoms with Crippen LogP contribution < -0.4 is 0 Å². The third-order valence-corrected chi connectivity index (χ3v) is 11.1. The van der Waals surface area contributed by atoms with Gasteiger partial charge in [-0.2, -0.15) is 25.5 Å². The molecule has 0 unspecified atom stereocenters. The fourth-order valence-electron chi connectivity index (χ4n) is 5.83. The van der Waals surface area contributed by atoms with Gasteiger partial charge in [0.05, 0.1) is 36.8 Å². The number of ether oxygens (including phenoxy) is 1. The van der Waals surface area contributed by atoms with Gasteiger partial charge in [0.15, 0.2) is 5.90 Å². The van der Waals surface area contributed by atoms with Gasteiger partial charge < -0.3 is 27.6 Å². The average molecular weight is 1130 g/mol. The number of rotatable bonds is 0. The summed E-state index contributed by atoms with van der Waals surface area (Å²) in [6.45, 7) is 26.4. The van der Waals surface area contributed by atoms with Crippen molar-refractivity contribution in [3.8, 4) is 0 Å². The molecule has 0 aromatic carbocycles. The van der Waals surface area contributed by atoms with Gasteiger partial charge in [-0.15, -0.1) is 10.2 Å². The lowest BCUT2D eigenvalue weighted by Crippen LogP contribution is -1.91. The third-order valence-electron chi connectivity index (χ3n) is 11.1. The van der Waals surface area contributed by atoms with Gasteiger partial charge in [-0.25, -0.2) is 24.9 Å². The second kappa shape index (κ2) is 40.3. The Labute approximate surface area is 486 Å². The number of aromatic nitrogens is 22. The lowest BCUT2D eigenvalue weighted by molar-refractivity contribution is 0.345. The van der Waals surface area contributed by atoms with Crippen LogP contribution in [0.3, 0.4) is 0 Å². The van der Waals surface area contributed by atoms with Crippen LogP contribution >= 0.6 is 0 Å². The number of imidazole rings is 3. The van der Waals surface area contributed by atoms with Crippen molar-refractivity contribution in [3.05, 3.63) is 169 Å². The van der Waals surface area contributed by atoms with Gasteiger partial charge in [-0.1, -0.05) is 0 Å². The molecule has 25 nitrogen and oxygen atoms in total. The Morgan fingerprint density at radius 1 is 0.476 bits per heavy atom. The van der Waals surface area contributed by atoms with Crippen molar-refractivity contribution in [3.63, 3.8) is 0 Å². The van der Waals surface area contributed by atoms with E-state index in [4.69, 9.17) is 4.74 Å². The normalized spacial score (nSPS) is 11.0. The molecule has 0 N–H and O–H groups in total. The first-order chi connectivity index (χ1) is 38.7. The third kappa shape index (κ3) is 34.9. The standard InChI is InChI=1S/C6H9N.6C5H8N2.C5H9N.3C4H7N3.C4H7NO/c1-6-3-4-7(2)5-6;1-5-3-7(2)4-6-5;1-5-3-6-4-7(5)2;1-5-3-6-7(2)4-5;1-5-6-3-4-7(5)2;1-5-3-4-7(2)6-5;1-5-3-4-6-7(5)2;1-5-3-2-4-6-5;1-4-6-5-3-7(4)2;1-4-5-3-7(2)6-4;1-4-5-3-6-7(4)2;1-4-5-2-3-6-4/h3-5H,1-2H3;6*3-4H,1-2H3;2-4H2,1H3;3*3H,1-2H3;2-3H2,1H3. The maximum atomic E-state index is 4.90. The van der Waals surface area contributed by atoms with E-state index in [1.807, 2.05) is 223 Å². The zero-order valence-corrected chi connectivity index (χ0v) is 53.1. The van der Waals surface area contributed by atoms with Crippen LogP contribution in [0.4, 0.5) is 0 Å². The highest BCUT2D eigenvalue weighted by molar-refractivity contribution is 5.83. The molecule has 0 amide bonds. The summed E-state index contributed by atoms with van der Waals surface area (Å²) in [4.78, 5) is 27.7. The lowest BCUT2D eigenvalue weighted by Gasteiger charge is -1.87. The molecule has 0 atom stereocenters. The van der Waals surface area contributed by atoms with E-state index in [2.05, 4.69) is 96.7 Å². The molecule has 0 fully saturated rings. The predicted octanol–water partition coefficient (Wildman–Crippen LogP) is 7.75. The fraction of sp³-hybridized carbons (Fsp3) is 0.474. The summed E-state index contributed by atoms with van der Waals surface area (Å²) in [7, 11) is 19.3. The van der Waals surface area contributed by atoms with Gasteiger partial charge in [0.25, 0.3) is 0 Å². The minimum atomic E-state index is 0.784. The SMILES string of the molecule is CC1=NCCC1.CC1=NCCO1.Cc1ccn(C)c1.Cc1ccn(C)n1.Cc1ccnn1C.Cc1cn(C)cn1.Cc1cncn1C.Cc1cnn(C)c1.Cc1nccn1C.Cc1ncn(C)n1.Cc1ncnn1C.Cc1nncn1C. The molecule has 12 heterocycles. The molecule has 448 valence electrons. The molecule has 10 aromatic heterocycles. The van der Waals surface area contributed by atoms with Crippen LogP contribution in [-0.4, -0.2) is 138 Å². The summed E-state index contributed by atoms with van der Waals surface area (Å²) in [6, 6.07) is 6.03. The maximum Gasteiger partial charge on any atom is 0.180 e. The van der Waals surface area contributed by atoms with Crippen LogP contribution in [0.2, 0.25) is 0 Å². The second-order valence-corrected chi connectivity index (χ2v) is 19.0.